The first-order chi connectivity index (χ1) is 10.1. The maximum Gasteiger partial charge on any atom is 0.187 e. The molecule has 1 atom stereocenters. The van der Waals surface area contributed by atoms with Gasteiger partial charge in [0, 0.05) is 0 Å². The normalized spacial score (nSPS) is 22.8. The Morgan fingerprint density at radius 2 is 1.77 bits per heavy atom. The fraction of sp³-hybridized carbons (Fsp3) is 0.450. The standard InChI is InChI=1S/C20H28O2/c1-14(2)9-7-8-10-15(3)11-12-17-16(4)19(22)18(21)13-20(17,5)6/h7-12,18,21H,13H2,1-6H3/b8-7+,12-11+,15-10+/t18-/m0/s1. The predicted molar refractivity (Wildman–Crippen MR) is 93.6 cm³/mol. The lowest BCUT2D eigenvalue weighted by Gasteiger charge is -2.34. The first-order valence-corrected chi connectivity index (χ1v) is 7.75. The van der Waals surface area contributed by atoms with Crippen molar-refractivity contribution in [2.24, 2.45) is 5.41 Å². The Labute approximate surface area is 134 Å². The molecule has 2 nitrogen and oxygen atoms in total. The van der Waals surface area contributed by atoms with Crippen molar-refractivity contribution in [1.29, 1.82) is 0 Å². The minimum Gasteiger partial charge on any atom is -0.385 e. The molecular weight excluding hydrogens is 272 g/mol. The van der Waals surface area contributed by atoms with Crippen LogP contribution in [0.4, 0.5) is 0 Å². The van der Waals surface area contributed by atoms with Crippen LogP contribution in [0.2, 0.25) is 0 Å². The van der Waals surface area contributed by atoms with Gasteiger partial charge in [-0.15, -0.1) is 0 Å². The summed E-state index contributed by atoms with van der Waals surface area (Å²) in [6.45, 7) is 12.1. The van der Waals surface area contributed by atoms with Crippen molar-refractivity contribution >= 4 is 5.78 Å². The van der Waals surface area contributed by atoms with E-state index in [1.807, 2.05) is 37.3 Å². The fourth-order valence-corrected chi connectivity index (χ4v) is 2.65. The van der Waals surface area contributed by atoms with E-state index in [0.29, 0.717) is 12.0 Å². The zero-order chi connectivity index (χ0) is 16.9. The van der Waals surface area contributed by atoms with Gasteiger partial charge in [0.05, 0.1) is 0 Å². The number of rotatable bonds is 4. The number of Topliss-reactive ketones (excluding diaryl/α,β-unsaturated/α-hetero) is 1. The van der Waals surface area contributed by atoms with Crippen LogP contribution in [0.5, 0.6) is 0 Å². The molecule has 2 heteroatoms. The van der Waals surface area contributed by atoms with Gasteiger partial charge in [-0.25, -0.2) is 0 Å². The van der Waals surface area contributed by atoms with Gasteiger partial charge in [0.1, 0.15) is 6.10 Å². The van der Waals surface area contributed by atoms with Gasteiger partial charge in [0.25, 0.3) is 0 Å². The van der Waals surface area contributed by atoms with Crippen LogP contribution in [0.1, 0.15) is 48.0 Å². The molecule has 22 heavy (non-hydrogen) atoms. The molecule has 0 bridgehead atoms. The predicted octanol–water partition coefficient (Wildman–Crippen LogP) is 4.69. The van der Waals surface area contributed by atoms with Crippen molar-refractivity contribution in [2.45, 2.75) is 54.1 Å². The number of aliphatic hydroxyl groups excluding tert-OH is 1. The quantitative estimate of drug-likeness (QED) is 0.765. The van der Waals surface area contributed by atoms with Gasteiger partial charge in [0.2, 0.25) is 0 Å². The summed E-state index contributed by atoms with van der Waals surface area (Å²) < 4.78 is 0. The van der Waals surface area contributed by atoms with E-state index in [4.69, 9.17) is 0 Å². The molecule has 0 aliphatic heterocycles. The molecule has 0 spiro atoms. The van der Waals surface area contributed by atoms with E-state index >= 15 is 0 Å². The average molecular weight is 300 g/mol. The van der Waals surface area contributed by atoms with Crippen LogP contribution in [0.15, 0.2) is 58.7 Å². The Balaban J connectivity index is 2.96. The maximum atomic E-state index is 12.0. The molecule has 1 aliphatic rings. The van der Waals surface area contributed by atoms with Gasteiger partial charge < -0.3 is 5.11 Å². The zero-order valence-corrected chi connectivity index (χ0v) is 14.6. The molecule has 1 N–H and O–H groups in total. The van der Waals surface area contributed by atoms with E-state index in [1.54, 1.807) is 6.92 Å². The second-order valence-corrected chi connectivity index (χ2v) is 6.88. The largest absolute Gasteiger partial charge is 0.385 e. The molecular formula is C20H28O2. The molecule has 0 aromatic heterocycles. The summed E-state index contributed by atoms with van der Waals surface area (Å²) >= 11 is 0. The Hall–Kier alpha value is -1.67. The monoisotopic (exact) mass is 300 g/mol. The number of allylic oxidation sites excluding steroid dienone is 9. The minimum absolute atomic E-state index is 0.149. The molecule has 0 amide bonds. The molecule has 0 aromatic carbocycles. The Bertz CT molecular complexity index is 577. The number of aliphatic hydroxyl groups is 1. The third-order valence-electron chi connectivity index (χ3n) is 3.92. The third-order valence-corrected chi connectivity index (χ3v) is 3.92. The molecule has 1 rings (SSSR count). The third kappa shape index (κ3) is 4.96. The second-order valence-electron chi connectivity index (χ2n) is 6.88. The summed E-state index contributed by atoms with van der Waals surface area (Å²) in [5.41, 5.74) is 3.89. The molecule has 0 saturated heterocycles. The SMILES string of the molecule is CC(C)=C/C=C/C=C(C)/C=C/C1=C(C)C(=O)[C@@H](O)CC1(C)C. The molecule has 0 heterocycles. The molecule has 0 aromatic rings. The van der Waals surface area contributed by atoms with Crippen molar-refractivity contribution in [3.05, 3.63) is 58.7 Å². The number of carbonyl (C=O) groups excluding carboxylic acids is 1. The number of ketones is 1. The van der Waals surface area contributed by atoms with Crippen LogP contribution in [0.25, 0.3) is 0 Å². The van der Waals surface area contributed by atoms with E-state index in [0.717, 1.165) is 11.1 Å². The van der Waals surface area contributed by atoms with Crippen molar-refractivity contribution in [1.82, 2.24) is 0 Å². The summed E-state index contributed by atoms with van der Waals surface area (Å²) in [7, 11) is 0. The highest BCUT2D eigenvalue weighted by molar-refractivity contribution is 6.00. The van der Waals surface area contributed by atoms with E-state index in [2.05, 4.69) is 33.8 Å². The van der Waals surface area contributed by atoms with Gasteiger partial charge >= 0.3 is 0 Å². The topological polar surface area (TPSA) is 37.3 Å². The van der Waals surface area contributed by atoms with Crippen molar-refractivity contribution in [3.63, 3.8) is 0 Å². The van der Waals surface area contributed by atoms with Crippen LogP contribution >= 0.6 is 0 Å². The number of hydrogen-bond donors (Lipinski definition) is 1. The van der Waals surface area contributed by atoms with Crippen LogP contribution < -0.4 is 0 Å². The van der Waals surface area contributed by atoms with Gasteiger partial charge in [-0.1, -0.05) is 61.4 Å². The molecule has 0 saturated carbocycles. The smallest absolute Gasteiger partial charge is 0.187 e. The summed E-state index contributed by atoms with van der Waals surface area (Å²) in [6.07, 6.45) is 11.8. The molecule has 120 valence electrons. The Kier molecular flexibility index (Phi) is 6.31. The van der Waals surface area contributed by atoms with E-state index in [-0.39, 0.29) is 11.2 Å². The number of hydrogen-bond acceptors (Lipinski definition) is 2. The summed E-state index contributed by atoms with van der Waals surface area (Å²) in [5, 5.41) is 9.83. The Morgan fingerprint density at radius 1 is 1.18 bits per heavy atom. The first kappa shape index (κ1) is 18.4. The van der Waals surface area contributed by atoms with Crippen LogP contribution in [0, 0.1) is 5.41 Å². The fourth-order valence-electron chi connectivity index (χ4n) is 2.65. The average Bonchev–Trinajstić information content (AvgIpc) is 2.40. The molecule has 0 unspecified atom stereocenters. The number of carbonyl (C=O) groups is 1. The Morgan fingerprint density at radius 3 is 2.36 bits per heavy atom. The molecule has 1 aliphatic carbocycles. The van der Waals surface area contributed by atoms with Crippen molar-refractivity contribution in [2.75, 3.05) is 0 Å². The van der Waals surface area contributed by atoms with Gasteiger partial charge in [0.15, 0.2) is 5.78 Å². The van der Waals surface area contributed by atoms with Gasteiger partial charge in [-0.2, -0.15) is 0 Å². The summed E-state index contributed by atoms with van der Waals surface area (Å²) in [5.74, 6) is -0.149. The lowest BCUT2D eigenvalue weighted by molar-refractivity contribution is -0.125. The highest BCUT2D eigenvalue weighted by atomic mass is 16.3. The van der Waals surface area contributed by atoms with Crippen LogP contribution in [-0.2, 0) is 4.79 Å². The van der Waals surface area contributed by atoms with Crippen molar-refractivity contribution < 1.29 is 9.90 Å². The van der Waals surface area contributed by atoms with E-state index in [9.17, 15) is 9.90 Å². The van der Waals surface area contributed by atoms with Gasteiger partial charge in [-0.3, -0.25) is 4.79 Å². The minimum atomic E-state index is -0.865. The van der Waals surface area contributed by atoms with Crippen LogP contribution in [-0.4, -0.2) is 17.0 Å². The second kappa shape index (κ2) is 7.55. The molecule has 0 fully saturated rings. The van der Waals surface area contributed by atoms with E-state index in [1.165, 1.54) is 5.57 Å². The van der Waals surface area contributed by atoms with Gasteiger partial charge in [-0.05, 0) is 50.7 Å². The molecule has 0 radical (unpaired) electrons. The van der Waals surface area contributed by atoms with Crippen LogP contribution in [0.3, 0.4) is 0 Å². The highest BCUT2D eigenvalue weighted by Gasteiger charge is 2.36. The summed E-state index contributed by atoms with van der Waals surface area (Å²) in [6, 6.07) is 0. The maximum absolute atomic E-state index is 12.0. The van der Waals surface area contributed by atoms with E-state index < -0.39 is 6.10 Å². The summed E-state index contributed by atoms with van der Waals surface area (Å²) in [4.78, 5) is 12.0. The lowest BCUT2D eigenvalue weighted by Crippen LogP contribution is -2.35. The highest BCUT2D eigenvalue weighted by Crippen LogP contribution is 2.39. The van der Waals surface area contributed by atoms with Crippen molar-refractivity contribution in [3.8, 4) is 0 Å². The first-order valence-electron chi connectivity index (χ1n) is 7.75. The lowest BCUT2D eigenvalue weighted by atomic mass is 9.71. The zero-order valence-electron chi connectivity index (χ0n) is 14.6.